The van der Waals surface area contributed by atoms with Gasteiger partial charge in [-0.15, -0.1) is 0 Å². The van der Waals surface area contributed by atoms with Crippen molar-refractivity contribution in [2.45, 2.75) is 13.3 Å². The van der Waals surface area contributed by atoms with Crippen molar-refractivity contribution in [2.24, 2.45) is 0 Å². The van der Waals surface area contributed by atoms with Crippen LogP contribution in [0.3, 0.4) is 0 Å². The predicted octanol–water partition coefficient (Wildman–Crippen LogP) is 3.32. The zero-order valence-corrected chi connectivity index (χ0v) is 10.7. The molecule has 0 unspecified atom stereocenters. The number of methoxy groups -OCH3 is 1. The number of hydrogen-bond acceptors (Lipinski definition) is 3. The molecule has 17 heavy (non-hydrogen) atoms. The van der Waals surface area contributed by atoms with Crippen LogP contribution in [0.2, 0.25) is 5.02 Å². The largest absolute Gasteiger partial charge is 0.496 e. The third-order valence-electron chi connectivity index (χ3n) is 2.08. The second-order valence-corrected chi connectivity index (χ2v) is 3.73. The lowest BCUT2D eigenvalue weighted by atomic mass is 10.2. The first-order chi connectivity index (χ1) is 8.17. The summed E-state index contributed by atoms with van der Waals surface area (Å²) >= 11 is 5.88. The summed E-state index contributed by atoms with van der Waals surface area (Å²) in [7, 11) is 1.59. The third-order valence-corrected chi connectivity index (χ3v) is 2.31. The van der Waals surface area contributed by atoms with E-state index < -0.39 is 0 Å². The smallest absolute Gasteiger partial charge is 0.309 e. The number of ether oxygens (including phenoxy) is 2. The van der Waals surface area contributed by atoms with Gasteiger partial charge in [-0.1, -0.05) is 23.8 Å². The molecule has 0 N–H and O–H groups in total. The Balaban J connectivity index is 2.70. The van der Waals surface area contributed by atoms with Crippen LogP contribution in [0.1, 0.15) is 18.9 Å². The van der Waals surface area contributed by atoms with Crippen LogP contribution in [0.15, 0.2) is 24.3 Å². The molecule has 4 heteroatoms. The molecular weight excluding hydrogens is 240 g/mol. The van der Waals surface area contributed by atoms with Crippen molar-refractivity contribution < 1.29 is 14.3 Å². The van der Waals surface area contributed by atoms with E-state index in [4.69, 9.17) is 21.1 Å². The summed E-state index contributed by atoms with van der Waals surface area (Å²) in [6.07, 6.45) is 3.76. The van der Waals surface area contributed by atoms with E-state index in [1.54, 1.807) is 44.4 Å². The summed E-state index contributed by atoms with van der Waals surface area (Å²) in [4.78, 5) is 11.1. The monoisotopic (exact) mass is 254 g/mol. The predicted molar refractivity (Wildman–Crippen MR) is 68.3 cm³/mol. The number of esters is 1. The zero-order chi connectivity index (χ0) is 12.7. The van der Waals surface area contributed by atoms with E-state index in [0.717, 1.165) is 11.3 Å². The van der Waals surface area contributed by atoms with Gasteiger partial charge in [0.25, 0.3) is 0 Å². The van der Waals surface area contributed by atoms with Gasteiger partial charge in [-0.2, -0.15) is 0 Å². The lowest BCUT2D eigenvalue weighted by Crippen LogP contribution is -2.01. The topological polar surface area (TPSA) is 35.5 Å². The minimum atomic E-state index is -0.246. The quantitative estimate of drug-likeness (QED) is 0.757. The highest BCUT2D eigenvalue weighted by molar-refractivity contribution is 6.30. The molecule has 0 aliphatic heterocycles. The molecule has 0 heterocycles. The van der Waals surface area contributed by atoms with Crippen LogP contribution in [0.4, 0.5) is 0 Å². The fourth-order valence-electron chi connectivity index (χ4n) is 1.34. The van der Waals surface area contributed by atoms with E-state index in [1.807, 2.05) is 0 Å². The van der Waals surface area contributed by atoms with E-state index in [-0.39, 0.29) is 12.4 Å². The van der Waals surface area contributed by atoms with Crippen LogP contribution < -0.4 is 4.74 Å². The zero-order valence-electron chi connectivity index (χ0n) is 9.90. The summed E-state index contributed by atoms with van der Waals surface area (Å²) in [5, 5.41) is 0.626. The van der Waals surface area contributed by atoms with Crippen molar-refractivity contribution >= 4 is 23.6 Å². The van der Waals surface area contributed by atoms with Crippen LogP contribution in [0.25, 0.3) is 6.08 Å². The summed E-state index contributed by atoms with van der Waals surface area (Å²) in [6, 6.07) is 5.32. The van der Waals surface area contributed by atoms with Crippen molar-refractivity contribution in [3.05, 3.63) is 34.9 Å². The first-order valence-electron chi connectivity index (χ1n) is 5.33. The van der Waals surface area contributed by atoms with E-state index >= 15 is 0 Å². The lowest BCUT2D eigenvalue weighted by molar-refractivity contribution is -0.142. The van der Waals surface area contributed by atoms with E-state index in [1.165, 1.54) is 0 Å². The van der Waals surface area contributed by atoms with Gasteiger partial charge < -0.3 is 9.47 Å². The molecule has 1 rings (SSSR count). The molecule has 0 radical (unpaired) electrons. The van der Waals surface area contributed by atoms with Crippen molar-refractivity contribution in [3.63, 3.8) is 0 Å². The minimum Gasteiger partial charge on any atom is -0.496 e. The number of benzene rings is 1. The molecule has 92 valence electrons. The second kappa shape index (κ2) is 6.97. The molecule has 0 fully saturated rings. The van der Waals surface area contributed by atoms with Crippen molar-refractivity contribution in [1.82, 2.24) is 0 Å². The number of carbonyl (C=O) groups is 1. The van der Waals surface area contributed by atoms with Gasteiger partial charge >= 0.3 is 5.97 Å². The van der Waals surface area contributed by atoms with Crippen LogP contribution in [-0.4, -0.2) is 19.7 Å². The Kier molecular flexibility index (Phi) is 5.57. The highest BCUT2D eigenvalue weighted by Gasteiger charge is 2.01. The maximum absolute atomic E-state index is 11.1. The molecule has 3 nitrogen and oxygen atoms in total. The molecule has 0 saturated heterocycles. The Morgan fingerprint density at radius 3 is 2.88 bits per heavy atom. The summed E-state index contributed by atoms with van der Waals surface area (Å²) in [6.45, 7) is 2.18. The fraction of sp³-hybridized carbons (Fsp3) is 0.308. The summed E-state index contributed by atoms with van der Waals surface area (Å²) < 4.78 is 9.99. The number of rotatable bonds is 5. The molecule has 0 aromatic heterocycles. The van der Waals surface area contributed by atoms with E-state index in [0.29, 0.717) is 11.6 Å². The Labute approximate surface area is 106 Å². The van der Waals surface area contributed by atoms with Crippen LogP contribution in [-0.2, 0) is 9.53 Å². The van der Waals surface area contributed by atoms with E-state index in [9.17, 15) is 4.79 Å². The highest BCUT2D eigenvalue weighted by atomic mass is 35.5. The molecular formula is C13H15ClO3. The second-order valence-electron chi connectivity index (χ2n) is 3.30. The van der Waals surface area contributed by atoms with Gasteiger partial charge in [0.15, 0.2) is 0 Å². The van der Waals surface area contributed by atoms with Gasteiger partial charge in [0.2, 0.25) is 0 Å². The van der Waals surface area contributed by atoms with Crippen molar-refractivity contribution in [3.8, 4) is 5.75 Å². The number of carbonyl (C=O) groups excluding carboxylic acids is 1. The third kappa shape index (κ3) is 4.49. The van der Waals surface area contributed by atoms with E-state index in [2.05, 4.69) is 0 Å². The Bertz CT molecular complexity index is 413. The summed E-state index contributed by atoms with van der Waals surface area (Å²) in [5.74, 6) is 0.472. The number of halogens is 1. The van der Waals surface area contributed by atoms with Crippen LogP contribution in [0, 0.1) is 0 Å². The van der Waals surface area contributed by atoms with Gasteiger partial charge in [0, 0.05) is 10.6 Å². The highest BCUT2D eigenvalue weighted by Crippen LogP contribution is 2.23. The summed E-state index contributed by atoms with van der Waals surface area (Å²) in [5.41, 5.74) is 0.837. The van der Waals surface area contributed by atoms with Gasteiger partial charge in [-0.05, 0) is 25.1 Å². The minimum absolute atomic E-state index is 0.240. The Morgan fingerprint density at radius 2 is 2.24 bits per heavy atom. The SMILES string of the molecule is CCOC(=O)CC=Cc1cc(Cl)ccc1OC. The molecule has 0 atom stereocenters. The maximum atomic E-state index is 11.1. The average molecular weight is 255 g/mol. The molecule has 0 bridgehead atoms. The molecule has 1 aromatic rings. The first-order valence-corrected chi connectivity index (χ1v) is 5.71. The average Bonchev–Trinajstić information content (AvgIpc) is 2.30. The van der Waals surface area contributed by atoms with Crippen molar-refractivity contribution in [1.29, 1.82) is 0 Å². The standard InChI is InChI=1S/C13H15ClO3/c1-3-17-13(15)6-4-5-10-9-11(14)7-8-12(10)16-2/h4-5,7-9H,3,6H2,1-2H3. The molecule has 0 amide bonds. The molecule has 0 aliphatic carbocycles. The van der Waals surface area contributed by atoms with Crippen LogP contribution >= 0.6 is 11.6 Å². The van der Waals surface area contributed by atoms with Gasteiger partial charge in [0.05, 0.1) is 20.1 Å². The molecule has 1 aromatic carbocycles. The normalized spacial score (nSPS) is 10.5. The van der Waals surface area contributed by atoms with Crippen molar-refractivity contribution in [2.75, 3.05) is 13.7 Å². The lowest BCUT2D eigenvalue weighted by Gasteiger charge is -2.04. The maximum Gasteiger partial charge on any atom is 0.309 e. The molecule has 0 spiro atoms. The first kappa shape index (κ1) is 13.6. The van der Waals surface area contributed by atoms with Gasteiger partial charge in [-0.3, -0.25) is 4.79 Å². The van der Waals surface area contributed by atoms with Gasteiger partial charge in [0.1, 0.15) is 5.75 Å². The van der Waals surface area contributed by atoms with Crippen LogP contribution in [0.5, 0.6) is 5.75 Å². The Morgan fingerprint density at radius 1 is 1.47 bits per heavy atom. The molecule has 0 saturated carbocycles. The number of hydrogen-bond donors (Lipinski definition) is 0. The molecule has 0 aliphatic rings. The van der Waals surface area contributed by atoms with Gasteiger partial charge in [-0.25, -0.2) is 0 Å². The Hall–Kier alpha value is -1.48. The fourth-order valence-corrected chi connectivity index (χ4v) is 1.52.